The molecule has 0 aliphatic heterocycles. The van der Waals surface area contributed by atoms with E-state index in [1.165, 1.54) is 19.5 Å². The van der Waals surface area contributed by atoms with Crippen molar-refractivity contribution < 1.29 is 4.74 Å². The van der Waals surface area contributed by atoms with Crippen LogP contribution in [0.15, 0.2) is 83.7 Å². The number of nitrogens with two attached hydrogens (primary N) is 3. The minimum absolute atomic E-state index is 0.0881. The smallest absolute Gasteiger partial charge is 0.263 e. The molecule has 2 heterocycles. The van der Waals surface area contributed by atoms with Crippen LogP contribution in [0.2, 0.25) is 0 Å². The van der Waals surface area contributed by atoms with Gasteiger partial charge in [0.1, 0.15) is 17.5 Å². The SMILES string of the molecule is CCc1cc2cccc(C(/C=C(\N)OC)=C/N)c2c(=O)n1-c1ccccc1.CNc1ncc(C#N)c(N)n1. The first-order valence-electron chi connectivity index (χ1n) is 11.7. The predicted octanol–water partition coefficient (Wildman–Crippen LogP) is 3.27. The van der Waals surface area contributed by atoms with Crippen LogP contribution in [0.4, 0.5) is 11.8 Å². The molecular weight excluding hydrogens is 480 g/mol. The van der Waals surface area contributed by atoms with Gasteiger partial charge in [0, 0.05) is 36.3 Å². The fourth-order valence-electron chi connectivity index (χ4n) is 3.81. The van der Waals surface area contributed by atoms with E-state index in [0.717, 1.165) is 23.2 Å². The molecule has 0 fully saturated rings. The number of hydrogen-bond acceptors (Lipinski definition) is 9. The number of nitrogen functional groups attached to an aromatic ring is 1. The highest BCUT2D eigenvalue weighted by molar-refractivity contribution is 5.96. The second-order valence-corrected chi connectivity index (χ2v) is 7.96. The quantitative estimate of drug-likeness (QED) is 0.224. The molecule has 2 aromatic carbocycles. The molecule has 0 radical (unpaired) electrons. The molecule has 194 valence electrons. The van der Waals surface area contributed by atoms with Gasteiger partial charge in [0.25, 0.3) is 5.56 Å². The summed E-state index contributed by atoms with van der Waals surface area (Å²) in [5, 5.41) is 12.6. The van der Waals surface area contributed by atoms with Gasteiger partial charge in [0.15, 0.2) is 5.88 Å². The van der Waals surface area contributed by atoms with E-state index < -0.39 is 0 Å². The standard InChI is InChI=1S/C22H23N3O2.C6H7N5/c1-3-17-12-15-8-7-11-19(16(14-23)13-20(24)27-2)21(15)22(26)25(17)18-9-5-4-6-10-18;1-9-6-10-3-4(2-7)5(8)11-6/h4-14H,3,23-24H2,1-2H3;3H,1H3,(H3,8,9,10,11)/b16-14+,20-13+;. The number of fused-ring (bicyclic) bond motifs is 1. The molecule has 0 amide bonds. The third-order valence-corrected chi connectivity index (χ3v) is 5.69. The summed E-state index contributed by atoms with van der Waals surface area (Å²) >= 11 is 0. The van der Waals surface area contributed by atoms with Gasteiger partial charge in [-0.3, -0.25) is 9.36 Å². The maximum absolute atomic E-state index is 13.5. The summed E-state index contributed by atoms with van der Waals surface area (Å²) in [5.74, 6) is 0.839. The van der Waals surface area contributed by atoms with Crippen LogP contribution < -0.4 is 28.1 Å². The maximum Gasteiger partial charge on any atom is 0.263 e. The van der Waals surface area contributed by atoms with Crippen molar-refractivity contribution in [1.82, 2.24) is 14.5 Å². The first-order valence-corrected chi connectivity index (χ1v) is 11.7. The third-order valence-electron chi connectivity index (χ3n) is 5.69. The van der Waals surface area contributed by atoms with Crippen LogP contribution in [0.25, 0.3) is 22.0 Å². The predicted molar refractivity (Wildman–Crippen MR) is 151 cm³/mol. The van der Waals surface area contributed by atoms with Gasteiger partial charge in [-0.1, -0.05) is 43.3 Å². The van der Waals surface area contributed by atoms with Crippen molar-refractivity contribution >= 4 is 28.1 Å². The average molecular weight is 511 g/mol. The Morgan fingerprint density at radius 2 is 1.95 bits per heavy atom. The molecular formula is C28H30N8O2. The van der Waals surface area contributed by atoms with Crippen LogP contribution in [0.1, 0.15) is 23.7 Å². The Morgan fingerprint density at radius 1 is 1.21 bits per heavy atom. The first kappa shape index (κ1) is 27.3. The maximum atomic E-state index is 13.5. The monoisotopic (exact) mass is 510 g/mol. The number of rotatable bonds is 6. The van der Waals surface area contributed by atoms with Gasteiger partial charge < -0.3 is 27.3 Å². The number of nitrogens with zero attached hydrogens (tertiary/aromatic N) is 4. The van der Waals surface area contributed by atoms with E-state index >= 15 is 0 Å². The number of anilines is 2. The van der Waals surface area contributed by atoms with E-state index in [-0.39, 0.29) is 17.3 Å². The summed E-state index contributed by atoms with van der Waals surface area (Å²) in [6.07, 6.45) is 5.17. The van der Waals surface area contributed by atoms with Crippen LogP contribution >= 0.6 is 0 Å². The number of aryl methyl sites for hydroxylation is 1. The van der Waals surface area contributed by atoms with E-state index in [1.54, 1.807) is 17.7 Å². The number of methoxy groups -OCH3 is 1. The van der Waals surface area contributed by atoms with Crippen molar-refractivity contribution in [2.45, 2.75) is 13.3 Å². The third kappa shape index (κ3) is 5.91. The minimum Gasteiger partial charge on any atom is -0.483 e. The van der Waals surface area contributed by atoms with Gasteiger partial charge in [-0.25, -0.2) is 4.98 Å². The Labute approximate surface area is 220 Å². The summed E-state index contributed by atoms with van der Waals surface area (Å²) in [5.41, 5.74) is 20.3. The zero-order valence-electron chi connectivity index (χ0n) is 21.5. The molecule has 0 spiro atoms. The van der Waals surface area contributed by atoms with Crippen molar-refractivity contribution in [3.8, 4) is 11.8 Å². The Balaban J connectivity index is 0.000000304. The second-order valence-electron chi connectivity index (χ2n) is 7.96. The van der Waals surface area contributed by atoms with Crippen molar-refractivity contribution in [1.29, 1.82) is 5.26 Å². The van der Waals surface area contributed by atoms with Crippen molar-refractivity contribution in [3.05, 3.63) is 106 Å². The molecule has 7 N–H and O–H groups in total. The molecule has 0 saturated heterocycles. The Kier molecular flexibility index (Phi) is 9.05. The number of nitriles is 1. The number of pyridine rings is 1. The molecule has 0 aliphatic rings. The number of para-hydroxylation sites is 1. The van der Waals surface area contributed by atoms with Crippen LogP contribution in [0, 0.1) is 11.3 Å². The number of hydrogen-bond donors (Lipinski definition) is 4. The Bertz CT molecular complexity index is 1580. The molecule has 4 aromatic rings. The molecule has 0 unspecified atom stereocenters. The highest BCUT2D eigenvalue weighted by atomic mass is 16.5. The highest BCUT2D eigenvalue weighted by Crippen LogP contribution is 2.25. The van der Waals surface area contributed by atoms with Crippen molar-refractivity contribution in [3.63, 3.8) is 0 Å². The summed E-state index contributed by atoms with van der Waals surface area (Å²) in [6, 6.07) is 19.3. The molecule has 4 rings (SSSR count). The normalized spacial score (nSPS) is 11.3. The van der Waals surface area contributed by atoms with E-state index in [4.69, 9.17) is 27.2 Å². The molecule has 0 saturated carbocycles. The molecule has 0 atom stereocenters. The van der Waals surface area contributed by atoms with Crippen LogP contribution in [-0.4, -0.2) is 28.7 Å². The van der Waals surface area contributed by atoms with Gasteiger partial charge in [0.05, 0.1) is 18.7 Å². The van der Waals surface area contributed by atoms with Gasteiger partial charge in [-0.15, -0.1) is 0 Å². The average Bonchev–Trinajstić information content (AvgIpc) is 2.95. The highest BCUT2D eigenvalue weighted by Gasteiger charge is 2.15. The molecule has 0 bridgehead atoms. The topological polar surface area (TPSA) is 171 Å². The fraction of sp³-hybridized carbons (Fsp3) is 0.143. The lowest BCUT2D eigenvalue weighted by molar-refractivity contribution is 0.288. The summed E-state index contributed by atoms with van der Waals surface area (Å²) < 4.78 is 6.79. The molecule has 10 nitrogen and oxygen atoms in total. The fourth-order valence-corrected chi connectivity index (χ4v) is 3.81. The van der Waals surface area contributed by atoms with Gasteiger partial charge in [-0.05, 0) is 35.6 Å². The number of ether oxygens (including phenoxy) is 1. The van der Waals surface area contributed by atoms with Crippen molar-refractivity contribution in [2.24, 2.45) is 11.5 Å². The lowest BCUT2D eigenvalue weighted by Crippen LogP contribution is -2.22. The van der Waals surface area contributed by atoms with Gasteiger partial charge in [-0.2, -0.15) is 10.2 Å². The van der Waals surface area contributed by atoms with Crippen LogP contribution in [0.5, 0.6) is 0 Å². The summed E-state index contributed by atoms with van der Waals surface area (Å²) in [4.78, 5) is 21.1. The van der Waals surface area contributed by atoms with Crippen molar-refractivity contribution in [2.75, 3.05) is 25.2 Å². The van der Waals surface area contributed by atoms with E-state index in [1.807, 2.05) is 67.6 Å². The van der Waals surface area contributed by atoms with E-state index in [2.05, 4.69) is 15.3 Å². The lowest BCUT2D eigenvalue weighted by Gasteiger charge is -2.16. The first-order chi connectivity index (χ1) is 18.4. The van der Waals surface area contributed by atoms with Crippen LogP contribution in [0.3, 0.4) is 0 Å². The number of allylic oxidation sites excluding steroid dienone is 2. The zero-order chi connectivity index (χ0) is 27.7. The largest absolute Gasteiger partial charge is 0.483 e. The molecule has 10 heteroatoms. The Morgan fingerprint density at radius 3 is 2.53 bits per heavy atom. The molecule has 0 aliphatic carbocycles. The Hall–Kier alpha value is -5.30. The molecule has 38 heavy (non-hydrogen) atoms. The lowest BCUT2D eigenvalue weighted by atomic mass is 9.98. The molecule has 2 aromatic heterocycles. The minimum atomic E-state index is -0.0881. The summed E-state index contributed by atoms with van der Waals surface area (Å²) in [7, 11) is 3.17. The van der Waals surface area contributed by atoms with E-state index in [0.29, 0.717) is 28.0 Å². The second kappa shape index (κ2) is 12.6. The number of benzene rings is 2. The number of aromatic nitrogens is 3. The van der Waals surface area contributed by atoms with Gasteiger partial charge >= 0.3 is 0 Å². The zero-order valence-corrected chi connectivity index (χ0v) is 21.5. The summed E-state index contributed by atoms with van der Waals surface area (Å²) in [6.45, 7) is 2.04. The van der Waals surface area contributed by atoms with Gasteiger partial charge in [0.2, 0.25) is 5.95 Å². The number of nitrogens with one attached hydrogen (secondary N) is 1. The van der Waals surface area contributed by atoms with Crippen LogP contribution in [-0.2, 0) is 11.2 Å². The van der Waals surface area contributed by atoms with E-state index in [9.17, 15) is 4.79 Å².